The monoisotopic (exact) mass is 278 g/mol. The third kappa shape index (κ3) is 4.35. The van der Waals surface area contributed by atoms with Crippen molar-refractivity contribution < 1.29 is 14.3 Å². The summed E-state index contributed by atoms with van der Waals surface area (Å²) >= 11 is 0. The molecule has 0 aliphatic carbocycles. The number of ether oxygens (including phenoxy) is 1. The van der Waals surface area contributed by atoms with Gasteiger partial charge >= 0.3 is 5.97 Å². The second-order valence-electron chi connectivity index (χ2n) is 5.18. The Balaban J connectivity index is 2.81. The molecule has 110 valence electrons. The maximum Gasteiger partial charge on any atom is 0.337 e. The van der Waals surface area contributed by atoms with E-state index in [1.807, 2.05) is 20.8 Å². The lowest BCUT2D eigenvalue weighted by atomic mass is 10.0. The van der Waals surface area contributed by atoms with Gasteiger partial charge in [-0.15, -0.1) is 0 Å². The fourth-order valence-corrected chi connectivity index (χ4v) is 1.65. The van der Waals surface area contributed by atoms with Gasteiger partial charge in [0, 0.05) is 18.2 Å². The fourth-order valence-electron chi connectivity index (χ4n) is 1.65. The number of methoxy groups -OCH3 is 1. The smallest absolute Gasteiger partial charge is 0.337 e. The van der Waals surface area contributed by atoms with Crippen molar-refractivity contribution in [1.29, 1.82) is 0 Å². The highest BCUT2D eigenvalue weighted by Gasteiger charge is 2.15. The number of rotatable bonds is 5. The third-order valence-corrected chi connectivity index (χ3v) is 3.21. The second-order valence-corrected chi connectivity index (χ2v) is 5.18. The number of amides is 1. The molecule has 0 heterocycles. The Morgan fingerprint density at radius 2 is 2.00 bits per heavy atom. The lowest BCUT2D eigenvalue weighted by Gasteiger charge is -2.16. The number of hydrogen-bond acceptors (Lipinski definition) is 4. The molecular formula is C15H22N2O3. The minimum Gasteiger partial charge on any atom is -0.465 e. The van der Waals surface area contributed by atoms with Crippen molar-refractivity contribution in [2.75, 3.05) is 12.4 Å². The summed E-state index contributed by atoms with van der Waals surface area (Å²) in [5, 5.41) is 2.79. The Labute approximate surface area is 119 Å². The molecular weight excluding hydrogens is 256 g/mol. The molecule has 5 nitrogen and oxygen atoms in total. The van der Waals surface area contributed by atoms with Gasteiger partial charge in [-0.05, 0) is 30.5 Å². The van der Waals surface area contributed by atoms with E-state index in [1.165, 1.54) is 7.11 Å². The molecule has 0 saturated heterocycles. The van der Waals surface area contributed by atoms with Crippen LogP contribution in [0, 0.1) is 12.8 Å². The second kappa shape index (κ2) is 7.05. The van der Waals surface area contributed by atoms with Crippen molar-refractivity contribution in [3.63, 3.8) is 0 Å². The van der Waals surface area contributed by atoms with Crippen LogP contribution in [0.25, 0.3) is 0 Å². The molecule has 1 atom stereocenters. The zero-order valence-corrected chi connectivity index (χ0v) is 12.4. The fraction of sp³-hybridized carbons (Fsp3) is 0.467. The number of benzene rings is 1. The average Bonchev–Trinajstić information content (AvgIpc) is 2.40. The van der Waals surface area contributed by atoms with Crippen molar-refractivity contribution in [2.45, 2.75) is 33.2 Å². The van der Waals surface area contributed by atoms with Crippen molar-refractivity contribution in [3.8, 4) is 0 Å². The van der Waals surface area contributed by atoms with Crippen molar-refractivity contribution in [3.05, 3.63) is 29.3 Å². The summed E-state index contributed by atoms with van der Waals surface area (Å²) in [6, 6.07) is 4.86. The van der Waals surface area contributed by atoms with Crippen LogP contribution in [0.2, 0.25) is 0 Å². The predicted molar refractivity (Wildman–Crippen MR) is 78.6 cm³/mol. The molecule has 5 heteroatoms. The van der Waals surface area contributed by atoms with E-state index in [4.69, 9.17) is 5.73 Å². The summed E-state index contributed by atoms with van der Waals surface area (Å²) in [5.41, 5.74) is 7.76. The molecule has 0 fully saturated rings. The number of esters is 1. The van der Waals surface area contributed by atoms with Crippen LogP contribution in [0.1, 0.15) is 36.2 Å². The summed E-state index contributed by atoms with van der Waals surface area (Å²) in [6.45, 7) is 5.81. The van der Waals surface area contributed by atoms with E-state index in [9.17, 15) is 9.59 Å². The highest BCUT2D eigenvalue weighted by atomic mass is 16.5. The third-order valence-electron chi connectivity index (χ3n) is 3.21. The van der Waals surface area contributed by atoms with E-state index in [0.717, 1.165) is 5.56 Å². The van der Waals surface area contributed by atoms with Gasteiger partial charge in [0.05, 0.1) is 12.7 Å². The lowest BCUT2D eigenvalue weighted by molar-refractivity contribution is -0.116. The molecule has 0 aliphatic rings. The van der Waals surface area contributed by atoms with Gasteiger partial charge in [0.2, 0.25) is 5.91 Å². The minimum absolute atomic E-state index is 0.156. The molecule has 0 bridgehead atoms. The Kier molecular flexibility index (Phi) is 5.70. The number of nitrogens with one attached hydrogen (secondary N) is 1. The van der Waals surface area contributed by atoms with Crippen LogP contribution in [0.4, 0.5) is 5.69 Å². The van der Waals surface area contributed by atoms with Gasteiger partial charge in [-0.3, -0.25) is 4.79 Å². The van der Waals surface area contributed by atoms with E-state index in [2.05, 4.69) is 10.1 Å². The van der Waals surface area contributed by atoms with Crippen LogP contribution in [0.5, 0.6) is 0 Å². The number of nitrogens with two attached hydrogens (primary N) is 1. The molecule has 0 aliphatic heterocycles. The van der Waals surface area contributed by atoms with E-state index in [1.54, 1.807) is 18.2 Å². The van der Waals surface area contributed by atoms with Gasteiger partial charge in [0.25, 0.3) is 0 Å². The number of aryl methyl sites for hydroxylation is 1. The molecule has 3 N–H and O–H groups in total. The minimum atomic E-state index is -0.431. The number of hydrogen-bond donors (Lipinski definition) is 2. The van der Waals surface area contributed by atoms with E-state index in [-0.39, 0.29) is 24.3 Å². The molecule has 20 heavy (non-hydrogen) atoms. The maximum atomic E-state index is 11.9. The van der Waals surface area contributed by atoms with Crippen molar-refractivity contribution >= 4 is 17.6 Å². The molecule has 0 aromatic heterocycles. The van der Waals surface area contributed by atoms with Gasteiger partial charge in [-0.25, -0.2) is 4.79 Å². The Morgan fingerprint density at radius 1 is 1.35 bits per heavy atom. The summed E-state index contributed by atoms with van der Waals surface area (Å²) < 4.78 is 4.66. The number of carbonyl (C=O) groups is 2. The Morgan fingerprint density at radius 3 is 2.55 bits per heavy atom. The predicted octanol–water partition coefficient (Wildman–Crippen LogP) is 2.09. The van der Waals surface area contributed by atoms with Gasteiger partial charge in [0.15, 0.2) is 0 Å². The van der Waals surface area contributed by atoms with Crippen LogP contribution >= 0.6 is 0 Å². The van der Waals surface area contributed by atoms with Crippen molar-refractivity contribution in [1.82, 2.24) is 0 Å². The molecule has 1 aromatic rings. The molecule has 0 saturated carbocycles. The normalized spacial score (nSPS) is 12.1. The zero-order valence-electron chi connectivity index (χ0n) is 12.4. The number of carbonyl (C=O) groups excluding carboxylic acids is 2. The molecule has 0 radical (unpaired) electrons. The summed E-state index contributed by atoms with van der Waals surface area (Å²) in [7, 11) is 1.32. The van der Waals surface area contributed by atoms with Gasteiger partial charge in [-0.2, -0.15) is 0 Å². The highest BCUT2D eigenvalue weighted by Crippen LogP contribution is 2.18. The first-order chi connectivity index (χ1) is 9.35. The topological polar surface area (TPSA) is 81.4 Å². The van der Waals surface area contributed by atoms with Crippen molar-refractivity contribution in [2.24, 2.45) is 11.7 Å². The molecule has 1 aromatic carbocycles. The summed E-state index contributed by atoms with van der Waals surface area (Å²) in [4.78, 5) is 23.4. The van der Waals surface area contributed by atoms with E-state index in [0.29, 0.717) is 11.3 Å². The van der Waals surface area contributed by atoms with E-state index >= 15 is 0 Å². The van der Waals surface area contributed by atoms with Crippen LogP contribution in [0.3, 0.4) is 0 Å². The largest absolute Gasteiger partial charge is 0.465 e. The zero-order chi connectivity index (χ0) is 15.3. The van der Waals surface area contributed by atoms with Crippen LogP contribution < -0.4 is 11.1 Å². The first-order valence-corrected chi connectivity index (χ1v) is 6.59. The summed E-state index contributed by atoms with van der Waals surface area (Å²) in [5.74, 6) is -0.348. The Hall–Kier alpha value is -1.88. The standard InChI is InChI=1S/C15H22N2O3/c1-9(2)12(16)8-14(18)17-13-7-11(15(19)20-4)6-5-10(13)3/h5-7,9,12H,8,16H2,1-4H3,(H,17,18). The SMILES string of the molecule is COC(=O)c1ccc(C)c(NC(=O)CC(N)C(C)C)c1. The number of anilines is 1. The molecule has 1 unspecified atom stereocenters. The molecule has 0 spiro atoms. The molecule has 1 amide bonds. The van der Waals surface area contributed by atoms with Gasteiger partial charge in [0.1, 0.15) is 0 Å². The lowest BCUT2D eigenvalue weighted by Crippen LogP contribution is -2.31. The van der Waals surface area contributed by atoms with Crippen LogP contribution in [-0.4, -0.2) is 25.0 Å². The highest BCUT2D eigenvalue weighted by molar-refractivity contribution is 5.95. The quantitative estimate of drug-likeness (QED) is 0.808. The van der Waals surface area contributed by atoms with Crippen LogP contribution in [-0.2, 0) is 9.53 Å². The average molecular weight is 278 g/mol. The summed E-state index contributed by atoms with van der Waals surface area (Å²) in [6.07, 6.45) is 0.250. The Bertz CT molecular complexity index is 498. The van der Waals surface area contributed by atoms with Crippen LogP contribution in [0.15, 0.2) is 18.2 Å². The molecule has 1 rings (SSSR count). The first kappa shape index (κ1) is 16.2. The van der Waals surface area contributed by atoms with Gasteiger partial charge in [-0.1, -0.05) is 19.9 Å². The first-order valence-electron chi connectivity index (χ1n) is 6.59. The van der Waals surface area contributed by atoms with Gasteiger partial charge < -0.3 is 15.8 Å². The van der Waals surface area contributed by atoms with E-state index < -0.39 is 5.97 Å². The maximum absolute atomic E-state index is 11.9.